The minimum atomic E-state index is -0.520. The zero-order valence-corrected chi connectivity index (χ0v) is 15.1. The Morgan fingerprint density at radius 3 is 2.62 bits per heavy atom. The monoisotopic (exact) mass is 346 g/mol. The van der Waals surface area contributed by atoms with E-state index in [1.54, 1.807) is 31.4 Å². The molecule has 1 aromatic heterocycles. The third kappa shape index (κ3) is 3.91. The Morgan fingerprint density at radius 2 is 2.08 bits per heavy atom. The first-order valence-corrected chi connectivity index (χ1v) is 8.59. The van der Waals surface area contributed by atoms with Crippen molar-refractivity contribution in [3.05, 3.63) is 45.9 Å². The fourth-order valence-electron chi connectivity index (χ4n) is 2.28. The number of anilines is 1. The largest absolute Gasteiger partial charge is 0.355 e. The average molecular weight is 346 g/mol. The summed E-state index contributed by atoms with van der Waals surface area (Å²) in [7, 11) is 1.58. The second-order valence-corrected chi connectivity index (χ2v) is 6.61. The summed E-state index contributed by atoms with van der Waals surface area (Å²) in [5.74, 6) is -0.156. The van der Waals surface area contributed by atoms with E-state index >= 15 is 0 Å². The van der Waals surface area contributed by atoms with Gasteiger partial charge in [-0.2, -0.15) is 0 Å². The third-order valence-corrected chi connectivity index (χ3v) is 5.00. The number of nitrogens with one attached hydrogen (secondary N) is 3. The van der Waals surface area contributed by atoms with E-state index in [9.17, 15) is 9.59 Å². The molecule has 128 valence electrons. The van der Waals surface area contributed by atoms with Crippen LogP contribution in [0.5, 0.6) is 0 Å². The van der Waals surface area contributed by atoms with E-state index < -0.39 is 5.54 Å². The zero-order valence-electron chi connectivity index (χ0n) is 14.3. The van der Waals surface area contributed by atoms with Gasteiger partial charge in [0.05, 0.1) is 5.54 Å². The van der Waals surface area contributed by atoms with Crippen molar-refractivity contribution >= 4 is 29.0 Å². The molecule has 0 saturated carbocycles. The third-order valence-electron chi connectivity index (χ3n) is 3.96. The van der Waals surface area contributed by atoms with Gasteiger partial charge in [-0.1, -0.05) is 6.92 Å². The molecule has 0 saturated heterocycles. The summed E-state index contributed by atoms with van der Waals surface area (Å²) in [6, 6.07) is 4.85. The highest BCUT2D eigenvalue weighted by molar-refractivity contribution is 7.09. The number of amides is 3. The van der Waals surface area contributed by atoms with Crippen LogP contribution < -0.4 is 16.0 Å². The Bertz CT molecular complexity index is 730. The molecule has 1 heterocycles. The van der Waals surface area contributed by atoms with Crippen molar-refractivity contribution in [3.8, 4) is 0 Å². The molecule has 0 spiro atoms. The summed E-state index contributed by atoms with van der Waals surface area (Å²) in [6.07, 6.45) is 2.46. The van der Waals surface area contributed by atoms with Crippen LogP contribution in [0.25, 0.3) is 0 Å². The van der Waals surface area contributed by atoms with Gasteiger partial charge in [-0.15, -0.1) is 11.3 Å². The highest BCUT2D eigenvalue weighted by Crippen LogP contribution is 2.26. The molecule has 1 aromatic carbocycles. The van der Waals surface area contributed by atoms with Gasteiger partial charge in [0, 0.05) is 29.9 Å². The predicted octanol–water partition coefficient (Wildman–Crippen LogP) is 3.26. The molecule has 2 rings (SSSR count). The lowest BCUT2D eigenvalue weighted by Crippen LogP contribution is -2.45. The van der Waals surface area contributed by atoms with E-state index in [1.807, 2.05) is 26.2 Å². The molecule has 2 aromatic rings. The van der Waals surface area contributed by atoms with E-state index in [0.29, 0.717) is 11.3 Å². The van der Waals surface area contributed by atoms with Gasteiger partial charge < -0.3 is 16.0 Å². The van der Waals surface area contributed by atoms with Crippen LogP contribution in [0.4, 0.5) is 10.5 Å². The van der Waals surface area contributed by atoms with E-state index in [2.05, 4.69) is 20.9 Å². The van der Waals surface area contributed by atoms with Crippen LogP contribution in [-0.2, 0) is 5.54 Å². The quantitative estimate of drug-likeness (QED) is 0.777. The molecule has 3 N–H and O–H groups in total. The standard InChI is InChI=1S/C17H22N4O2S/c1-5-17(3,15-19-8-9-24-15)21-16(23)20-13-7-6-12(10-11(13)2)14(22)18-4/h6-10H,5H2,1-4H3,(H,18,22)(H2,20,21,23)/t17-/m0/s1. The number of nitrogens with zero attached hydrogens (tertiary/aromatic N) is 1. The predicted molar refractivity (Wildman–Crippen MR) is 96.5 cm³/mol. The van der Waals surface area contributed by atoms with Crippen LogP contribution in [-0.4, -0.2) is 24.0 Å². The Morgan fingerprint density at radius 1 is 1.33 bits per heavy atom. The molecular formula is C17H22N4O2S. The molecule has 0 aliphatic rings. The van der Waals surface area contributed by atoms with Crippen LogP contribution in [0.15, 0.2) is 29.8 Å². The normalized spacial score (nSPS) is 13.0. The maximum atomic E-state index is 12.4. The minimum absolute atomic E-state index is 0.156. The van der Waals surface area contributed by atoms with Gasteiger partial charge in [-0.3, -0.25) is 4.79 Å². The summed E-state index contributed by atoms with van der Waals surface area (Å²) in [5, 5.41) is 11.2. The summed E-state index contributed by atoms with van der Waals surface area (Å²) in [6.45, 7) is 5.81. The summed E-state index contributed by atoms with van der Waals surface area (Å²) in [5.41, 5.74) is 1.52. The second kappa shape index (κ2) is 7.44. The fourth-order valence-corrected chi connectivity index (χ4v) is 3.11. The Labute approximate surface area is 145 Å². The summed E-state index contributed by atoms with van der Waals surface area (Å²) < 4.78 is 0. The summed E-state index contributed by atoms with van der Waals surface area (Å²) in [4.78, 5) is 28.3. The lowest BCUT2D eigenvalue weighted by Gasteiger charge is -2.27. The molecule has 3 amide bonds. The Balaban J connectivity index is 2.11. The number of carbonyl (C=O) groups excluding carboxylic acids is 2. The van der Waals surface area contributed by atoms with Crippen LogP contribution in [0.3, 0.4) is 0 Å². The van der Waals surface area contributed by atoms with Crippen LogP contribution >= 0.6 is 11.3 Å². The first-order chi connectivity index (χ1) is 11.4. The van der Waals surface area contributed by atoms with Crippen molar-refractivity contribution in [1.82, 2.24) is 15.6 Å². The first-order valence-electron chi connectivity index (χ1n) is 7.71. The Hall–Kier alpha value is -2.41. The molecule has 0 bridgehead atoms. The number of thiazole rings is 1. The molecule has 0 aliphatic carbocycles. The number of rotatable bonds is 5. The van der Waals surface area contributed by atoms with Crippen molar-refractivity contribution in [3.63, 3.8) is 0 Å². The number of aromatic nitrogens is 1. The lowest BCUT2D eigenvalue weighted by molar-refractivity contribution is 0.0963. The van der Waals surface area contributed by atoms with E-state index in [-0.39, 0.29) is 11.9 Å². The molecule has 0 unspecified atom stereocenters. The molecule has 0 aliphatic heterocycles. The number of hydrogen-bond donors (Lipinski definition) is 3. The Kier molecular flexibility index (Phi) is 5.56. The number of hydrogen-bond acceptors (Lipinski definition) is 4. The topological polar surface area (TPSA) is 83.1 Å². The van der Waals surface area contributed by atoms with Crippen molar-refractivity contribution < 1.29 is 9.59 Å². The van der Waals surface area contributed by atoms with Crippen molar-refractivity contribution in [2.75, 3.05) is 12.4 Å². The zero-order chi connectivity index (χ0) is 17.7. The van der Waals surface area contributed by atoms with E-state index in [4.69, 9.17) is 0 Å². The van der Waals surface area contributed by atoms with E-state index in [0.717, 1.165) is 17.0 Å². The van der Waals surface area contributed by atoms with E-state index in [1.165, 1.54) is 11.3 Å². The average Bonchev–Trinajstić information content (AvgIpc) is 3.11. The number of urea groups is 1. The number of aryl methyl sites for hydroxylation is 1. The fraction of sp³-hybridized carbons (Fsp3) is 0.353. The van der Waals surface area contributed by atoms with Crippen LogP contribution in [0, 0.1) is 6.92 Å². The number of carbonyl (C=O) groups is 2. The van der Waals surface area contributed by atoms with Gasteiger partial charge >= 0.3 is 6.03 Å². The smallest absolute Gasteiger partial charge is 0.320 e. The molecule has 7 heteroatoms. The van der Waals surface area contributed by atoms with Crippen LogP contribution in [0.1, 0.15) is 41.2 Å². The van der Waals surface area contributed by atoms with Gasteiger partial charge in [0.15, 0.2) is 0 Å². The van der Waals surface area contributed by atoms with Gasteiger partial charge in [-0.05, 0) is 44.0 Å². The maximum Gasteiger partial charge on any atom is 0.320 e. The highest BCUT2D eigenvalue weighted by atomic mass is 32.1. The highest BCUT2D eigenvalue weighted by Gasteiger charge is 2.29. The molecule has 24 heavy (non-hydrogen) atoms. The second-order valence-electron chi connectivity index (χ2n) is 5.71. The lowest BCUT2D eigenvalue weighted by atomic mass is 10.0. The molecule has 1 atom stereocenters. The van der Waals surface area contributed by atoms with Gasteiger partial charge in [0.1, 0.15) is 5.01 Å². The van der Waals surface area contributed by atoms with Crippen molar-refractivity contribution in [2.45, 2.75) is 32.7 Å². The van der Waals surface area contributed by atoms with Gasteiger partial charge in [-0.25, -0.2) is 9.78 Å². The SMILES string of the molecule is CC[C@](C)(NC(=O)Nc1ccc(C(=O)NC)cc1C)c1nccs1. The molecule has 0 radical (unpaired) electrons. The molecular weight excluding hydrogens is 324 g/mol. The minimum Gasteiger partial charge on any atom is -0.355 e. The number of benzene rings is 1. The summed E-state index contributed by atoms with van der Waals surface area (Å²) >= 11 is 1.52. The van der Waals surface area contributed by atoms with Crippen molar-refractivity contribution in [2.24, 2.45) is 0 Å². The van der Waals surface area contributed by atoms with Gasteiger partial charge in [0.25, 0.3) is 5.91 Å². The van der Waals surface area contributed by atoms with Crippen LogP contribution in [0.2, 0.25) is 0 Å². The molecule has 0 fully saturated rings. The van der Waals surface area contributed by atoms with Crippen molar-refractivity contribution in [1.29, 1.82) is 0 Å². The maximum absolute atomic E-state index is 12.4. The first kappa shape index (κ1) is 17.9. The molecule has 6 nitrogen and oxygen atoms in total. The van der Waals surface area contributed by atoms with Gasteiger partial charge in [0.2, 0.25) is 0 Å².